The quantitative estimate of drug-likeness (QED) is 0.561. The van der Waals surface area contributed by atoms with E-state index in [9.17, 15) is 4.39 Å². The molecule has 24 heavy (non-hydrogen) atoms. The van der Waals surface area contributed by atoms with Crippen molar-refractivity contribution in [3.05, 3.63) is 36.4 Å². The molecule has 4 aromatic rings. The van der Waals surface area contributed by atoms with Crippen molar-refractivity contribution < 1.29 is 4.39 Å². The number of nitrogens with one attached hydrogen (secondary N) is 1. The number of nitrogens with two attached hydrogens (primary N) is 1. The molecule has 0 spiro atoms. The highest BCUT2D eigenvalue weighted by molar-refractivity contribution is 6.00. The molecule has 0 aliphatic carbocycles. The number of halogens is 1. The minimum Gasteiger partial charge on any atom is -0.383 e. The standard InChI is InChI=1S/C17H17FN6/c1-17(2,3)24-16-11(15(19)20-8-21-16)13(23-24)14-12(18)9-6-4-5-7-10(9)22-14/h4-8,22H,1-3H3,(H2,19,20,21). The number of H-pyrrole nitrogens is 1. The number of para-hydroxylation sites is 1. The Morgan fingerprint density at radius 3 is 2.62 bits per heavy atom. The third-order valence-corrected chi connectivity index (χ3v) is 4.01. The highest BCUT2D eigenvalue weighted by Crippen LogP contribution is 2.35. The zero-order valence-electron chi connectivity index (χ0n) is 13.6. The SMILES string of the molecule is CC(C)(C)n1nc(-c2[nH]c3ccccc3c2F)c2c(N)ncnc21. The van der Waals surface area contributed by atoms with E-state index in [0.29, 0.717) is 33.3 Å². The van der Waals surface area contributed by atoms with E-state index in [-0.39, 0.29) is 17.2 Å². The van der Waals surface area contributed by atoms with E-state index in [4.69, 9.17) is 5.73 Å². The summed E-state index contributed by atoms with van der Waals surface area (Å²) in [5.41, 5.74) is 7.73. The lowest BCUT2D eigenvalue weighted by atomic mass is 10.1. The molecule has 0 radical (unpaired) electrons. The van der Waals surface area contributed by atoms with Gasteiger partial charge in [-0.05, 0) is 32.9 Å². The van der Waals surface area contributed by atoms with Crippen LogP contribution in [0.5, 0.6) is 0 Å². The second-order valence-electron chi connectivity index (χ2n) is 6.75. The highest BCUT2D eigenvalue weighted by atomic mass is 19.1. The first-order chi connectivity index (χ1) is 11.4. The monoisotopic (exact) mass is 324 g/mol. The van der Waals surface area contributed by atoms with Crippen LogP contribution in [0, 0.1) is 5.82 Å². The van der Waals surface area contributed by atoms with Crippen molar-refractivity contribution in [2.24, 2.45) is 0 Å². The molecule has 3 heterocycles. The zero-order valence-corrected chi connectivity index (χ0v) is 13.6. The number of benzene rings is 1. The van der Waals surface area contributed by atoms with E-state index in [1.165, 1.54) is 6.33 Å². The molecule has 3 aromatic heterocycles. The molecule has 0 unspecified atom stereocenters. The van der Waals surface area contributed by atoms with Gasteiger partial charge in [-0.3, -0.25) is 0 Å². The number of anilines is 1. The Balaban J connectivity index is 2.11. The number of aromatic nitrogens is 5. The summed E-state index contributed by atoms with van der Waals surface area (Å²) in [5, 5.41) is 5.68. The fraction of sp³-hybridized carbons (Fsp3) is 0.235. The van der Waals surface area contributed by atoms with Gasteiger partial charge in [0.05, 0.1) is 10.9 Å². The summed E-state index contributed by atoms with van der Waals surface area (Å²) in [6.45, 7) is 6.01. The van der Waals surface area contributed by atoms with E-state index in [1.54, 1.807) is 16.8 Å². The zero-order chi connectivity index (χ0) is 17.1. The molecule has 0 atom stereocenters. The average Bonchev–Trinajstić information content (AvgIpc) is 3.07. The van der Waals surface area contributed by atoms with Crippen molar-refractivity contribution in [1.29, 1.82) is 0 Å². The molecule has 4 rings (SSSR count). The van der Waals surface area contributed by atoms with Crippen LogP contribution >= 0.6 is 0 Å². The fourth-order valence-electron chi connectivity index (χ4n) is 2.89. The van der Waals surface area contributed by atoms with E-state index in [2.05, 4.69) is 20.1 Å². The van der Waals surface area contributed by atoms with Crippen molar-refractivity contribution >= 4 is 27.8 Å². The number of hydrogen-bond acceptors (Lipinski definition) is 4. The number of nitrogen functional groups attached to an aromatic ring is 1. The maximum atomic E-state index is 14.9. The molecule has 0 saturated carbocycles. The summed E-state index contributed by atoms with van der Waals surface area (Å²) in [5.74, 6) is -0.0714. The van der Waals surface area contributed by atoms with Crippen LogP contribution in [0.2, 0.25) is 0 Å². The number of rotatable bonds is 1. The Morgan fingerprint density at radius 2 is 1.92 bits per heavy atom. The van der Waals surface area contributed by atoms with Crippen molar-refractivity contribution in [3.63, 3.8) is 0 Å². The molecule has 0 bridgehead atoms. The summed E-state index contributed by atoms with van der Waals surface area (Å²) in [6.07, 6.45) is 1.40. The van der Waals surface area contributed by atoms with Crippen LogP contribution in [0.25, 0.3) is 33.3 Å². The van der Waals surface area contributed by atoms with Gasteiger partial charge >= 0.3 is 0 Å². The first-order valence-corrected chi connectivity index (χ1v) is 7.64. The van der Waals surface area contributed by atoms with Crippen LogP contribution < -0.4 is 5.73 Å². The molecule has 6 nitrogen and oxygen atoms in total. The highest BCUT2D eigenvalue weighted by Gasteiger charge is 2.26. The van der Waals surface area contributed by atoms with Crippen LogP contribution in [-0.2, 0) is 5.54 Å². The molecule has 1 aromatic carbocycles. The van der Waals surface area contributed by atoms with E-state index >= 15 is 0 Å². The summed E-state index contributed by atoms with van der Waals surface area (Å²) in [6, 6.07) is 7.20. The topological polar surface area (TPSA) is 85.4 Å². The third-order valence-electron chi connectivity index (χ3n) is 4.01. The van der Waals surface area contributed by atoms with Gasteiger partial charge in [0.25, 0.3) is 0 Å². The van der Waals surface area contributed by atoms with E-state index in [1.807, 2.05) is 32.9 Å². The van der Waals surface area contributed by atoms with E-state index < -0.39 is 0 Å². The predicted octanol–water partition coefficient (Wildman–Crippen LogP) is 3.45. The number of aromatic amines is 1. The summed E-state index contributed by atoms with van der Waals surface area (Å²) >= 11 is 0. The molecule has 122 valence electrons. The molecule has 0 aliphatic rings. The second-order valence-corrected chi connectivity index (χ2v) is 6.75. The lowest BCUT2D eigenvalue weighted by molar-refractivity contribution is 0.366. The van der Waals surface area contributed by atoms with Crippen LogP contribution in [-0.4, -0.2) is 24.7 Å². The summed E-state index contributed by atoms with van der Waals surface area (Å²) in [7, 11) is 0. The first-order valence-electron chi connectivity index (χ1n) is 7.64. The summed E-state index contributed by atoms with van der Waals surface area (Å²) in [4.78, 5) is 11.5. The lowest BCUT2D eigenvalue weighted by Gasteiger charge is -2.19. The van der Waals surface area contributed by atoms with Gasteiger partial charge in [0, 0.05) is 10.9 Å². The Kier molecular flexibility index (Phi) is 2.90. The van der Waals surface area contributed by atoms with Crippen molar-refractivity contribution in [2.75, 3.05) is 5.73 Å². The Morgan fingerprint density at radius 1 is 1.17 bits per heavy atom. The molecule has 0 fully saturated rings. The van der Waals surface area contributed by atoms with Gasteiger partial charge in [-0.25, -0.2) is 19.0 Å². The first kappa shape index (κ1) is 14.6. The summed E-state index contributed by atoms with van der Waals surface area (Å²) < 4.78 is 16.7. The third kappa shape index (κ3) is 1.97. The van der Waals surface area contributed by atoms with Gasteiger partial charge in [-0.15, -0.1) is 0 Å². The van der Waals surface area contributed by atoms with Crippen LogP contribution in [0.3, 0.4) is 0 Å². The van der Waals surface area contributed by atoms with Gasteiger partial charge < -0.3 is 10.7 Å². The second kappa shape index (κ2) is 4.77. The van der Waals surface area contributed by atoms with Crippen LogP contribution in [0.1, 0.15) is 20.8 Å². The molecular formula is C17H17FN6. The largest absolute Gasteiger partial charge is 0.383 e. The minimum absolute atomic E-state index is 0.281. The molecular weight excluding hydrogens is 307 g/mol. The molecule has 0 amide bonds. The molecule has 3 N–H and O–H groups in total. The van der Waals surface area contributed by atoms with Crippen molar-refractivity contribution in [1.82, 2.24) is 24.7 Å². The molecule has 0 saturated heterocycles. The maximum Gasteiger partial charge on any atom is 0.164 e. The van der Waals surface area contributed by atoms with Crippen molar-refractivity contribution in [3.8, 4) is 11.4 Å². The number of nitrogens with zero attached hydrogens (tertiary/aromatic N) is 4. The fourth-order valence-corrected chi connectivity index (χ4v) is 2.89. The molecule has 0 aliphatic heterocycles. The normalized spacial score (nSPS) is 12.3. The minimum atomic E-state index is -0.352. The Bertz CT molecular complexity index is 1070. The Hall–Kier alpha value is -2.96. The van der Waals surface area contributed by atoms with Gasteiger partial charge in [0.2, 0.25) is 0 Å². The van der Waals surface area contributed by atoms with Gasteiger partial charge in [0.15, 0.2) is 11.5 Å². The predicted molar refractivity (Wildman–Crippen MR) is 92.0 cm³/mol. The van der Waals surface area contributed by atoms with Gasteiger partial charge in [0.1, 0.15) is 23.5 Å². The van der Waals surface area contributed by atoms with Crippen LogP contribution in [0.4, 0.5) is 10.2 Å². The average molecular weight is 324 g/mol. The smallest absolute Gasteiger partial charge is 0.164 e. The number of fused-ring (bicyclic) bond motifs is 2. The Labute approximate surface area is 137 Å². The maximum absolute atomic E-state index is 14.9. The van der Waals surface area contributed by atoms with Crippen LogP contribution in [0.15, 0.2) is 30.6 Å². The lowest BCUT2D eigenvalue weighted by Crippen LogP contribution is -2.23. The van der Waals surface area contributed by atoms with Gasteiger partial charge in [-0.1, -0.05) is 12.1 Å². The molecule has 7 heteroatoms. The number of hydrogen-bond donors (Lipinski definition) is 2. The van der Waals surface area contributed by atoms with E-state index in [0.717, 1.165) is 0 Å². The van der Waals surface area contributed by atoms with Gasteiger partial charge in [-0.2, -0.15) is 5.10 Å². The van der Waals surface area contributed by atoms with Crippen molar-refractivity contribution in [2.45, 2.75) is 26.3 Å².